The Labute approximate surface area is 107 Å². The molecule has 0 saturated carbocycles. The molecule has 4 heteroatoms. The van der Waals surface area contributed by atoms with Crippen LogP contribution in [0.15, 0.2) is 42.5 Å². The smallest absolute Gasteiger partial charge is 0.0578 e. The van der Waals surface area contributed by atoms with Gasteiger partial charge in [-0.25, -0.2) is 0 Å². The molecule has 6 N–H and O–H groups in total. The topological polar surface area (TPSA) is 76.1 Å². The Balaban J connectivity index is 2.14. The van der Waals surface area contributed by atoms with Crippen molar-refractivity contribution in [1.29, 1.82) is 0 Å². The molecule has 0 saturated heterocycles. The van der Waals surface area contributed by atoms with Crippen molar-refractivity contribution in [2.45, 2.75) is 6.54 Å². The van der Waals surface area contributed by atoms with Crippen LogP contribution in [0.4, 0.5) is 22.7 Å². The van der Waals surface area contributed by atoms with Gasteiger partial charge in [0, 0.05) is 25.0 Å². The van der Waals surface area contributed by atoms with Crippen molar-refractivity contribution >= 4 is 22.7 Å². The lowest BCUT2D eigenvalue weighted by atomic mass is 10.1. The molecule has 0 heterocycles. The van der Waals surface area contributed by atoms with Crippen molar-refractivity contribution in [1.82, 2.24) is 0 Å². The Kier molecular flexibility index (Phi) is 3.57. The number of hydrogen-bond acceptors (Lipinski definition) is 4. The summed E-state index contributed by atoms with van der Waals surface area (Å²) >= 11 is 0. The summed E-state index contributed by atoms with van der Waals surface area (Å²) < 4.78 is 0. The van der Waals surface area contributed by atoms with E-state index in [1.54, 1.807) is 6.07 Å². The number of para-hydroxylation sites is 2. The number of rotatable bonds is 4. The summed E-state index contributed by atoms with van der Waals surface area (Å²) in [6.07, 6.45) is 0. The van der Waals surface area contributed by atoms with E-state index in [0.29, 0.717) is 6.54 Å². The molecule has 0 aliphatic carbocycles. The predicted octanol–water partition coefficient (Wildman–Crippen LogP) is 2.50. The Hall–Kier alpha value is -2.36. The molecule has 2 rings (SSSR count). The number of nitrogen functional groups attached to an aromatic ring is 2. The van der Waals surface area contributed by atoms with Gasteiger partial charge in [0.1, 0.15) is 0 Å². The van der Waals surface area contributed by atoms with Crippen LogP contribution in [-0.4, -0.2) is 7.05 Å². The summed E-state index contributed by atoms with van der Waals surface area (Å²) in [5.74, 6) is 0. The first kappa shape index (κ1) is 12.1. The van der Waals surface area contributed by atoms with Gasteiger partial charge in [0.05, 0.1) is 11.4 Å². The van der Waals surface area contributed by atoms with E-state index in [1.165, 1.54) is 0 Å². The molecular formula is C14H18N4. The molecule has 2 aromatic rings. The van der Waals surface area contributed by atoms with E-state index in [4.69, 9.17) is 11.5 Å². The monoisotopic (exact) mass is 242 g/mol. The maximum Gasteiger partial charge on any atom is 0.0578 e. The normalized spacial score (nSPS) is 10.1. The van der Waals surface area contributed by atoms with Gasteiger partial charge in [0.25, 0.3) is 0 Å². The zero-order valence-electron chi connectivity index (χ0n) is 10.4. The van der Waals surface area contributed by atoms with Crippen LogP contribution in [0.5, 0.6) is 0 Å². The number of anilines is 4. The van der Waals surface area contributed by atoms with Crippen LogP contribution in [0.3, 0.4) is 0 Å². The van der Waals surface area contributed by atoms with Gasteiger partial charge in [-0.15, -0.1) is 0 Å². The van der Waals surface area contributed by atoms with Crippen molar-refractivity contribution < 1.29 is 0 Å². The molecule has 0 spiro atoms. The van der Waals surface area contributed by atoms with Crippen LogP contribution in [0.25, 0.3) is 0 Å². The highest BCUT2D eigenvalue weighted by Crippen LogP contribution is 2.22. The Morgan fingerprint density at radius 2 is 1.72 bits per heavy atom. The molecule has 0 atom stereocenters. The maximum absolute atomic E-state index is 5.91. The third-order valence-corrected chi connectivity index (χ3v) is 2.83. The summed E-state index contributed by atoms with van der Waals surface area (Å²) in [5.41, 5.74) is 16.2. The number of benzene rings is 2. The summed E-state index contributed by atoms with van der Waals surface area (Å²) in [6, 6.07) is 13.6. The van der Waals surface area contributed by atoms with Crippen molar-refractivity contribution in [2.75, 3.05) is 29.1 Å². The summed E-state index contributed by atoms with van der Waals surface area (Å²) in [7, 11) is 1.90. The summed E-state index contributed by atoms with van der Waals surface area (Å²) in [4.78, 5) is 0. The van der Waals surface area contributed by atoms with Gasteiger partial charge in [-0.1, -0.05) is 12.1 Å². The van der Waals surface area contributed by atoms with Gasteiger partial charge in [0.2, 0.25) is 0 Å². The molecular weight excluding hydrogens is 224 g/mol. The van der Waals surface area contributed by atoms with E-state index in [9.17, 15) is 0 Å². The van der Waals surface area contributed by atoms with Crippen molar-refractivity contribution in [3.05, 3.63) is 48.0 Å². The Morgan fingerprint density at radius 3 is 2.44 bits per heavy atom. The van der Waals surface area contributed by atoms with Crippen molar-refractivity contribution in [3.8, 4) is 0 Å². The first-order chi connectivity index (χ1) is 8.70. The molecule has 0 radical (unpaired) electrons. The zero-order valence-corrected chi connectivity index (χ0v) is 10.4. The van der Waals surface area contributed by atoms with Crippen LogP contribution in [0.2, 0.25) is 0 Å². The minimum absolute atomic E-state index is 0.648. The number of nitrogens with one attached hydrogen (secondary N) is 2. The van der Waals surface area contributed by atoms with Crippen LogP contribution >= 0.6 is 0 Å². The van der Waals surface area contributed by atoms with E-state index in [2.05, 4.69) is 10.6 Å². The highest BCUT2D eigenvalue weighted by atomic mass is 14.9. The minimum Gasteiger partial charge on any atom is -0.399 e. The van der Waals surface area contributed by atoms with Gasteiger partial charge in [-0.05, 0) is 35.9 Å². The zero-order chi connectivity index (χ0) is 13.0. The molecule has 0 fully saturated rings. The van der Waals surface area contributed by atoms with Crippen LogP contribution in [-0.2, 0) is 6.54 Å². The van der Waals surface area contributed by atoms with E-state index in [-0.39, 0.29) is 0 Å². The van der Waals surface area contributed by atoms with Gasteiger partial charge >= 0.3 is 0 Å². The molecule has 0 bridgehead atoms. The van der Waals surface area contributed by atoms with Gasteiger partial charge in [-0.2, -0.15) is 0 Å². The first-order valence-corrected chi connectivity index (χ1v) is 5.85. The lowest BCUT2D eigenvalue weighted by Gasteiger charge is -2.13. The second-order valence-electron chi connectivity index (χ2n) is 4.11. The summed E-state index contributed by atoms with van der Waals surface area (Å²) in [5, 5.41) is 6.49. The molecule has 0 amide bonds. The van der Waals surface area contributed by atoms with Crippen LogP contribution in [0, 0.1) is 0 Å². The maximum atomic E-state index is 5.91. The number of nitrogens with two attached hydrogens (primary N) is 2. The first-order valence-electron chi connectivity index (χ1n) is 5.85. The van der Waals surface area contributed by atoms with E-state index in [1.807, 2.05) is 43.4 Å². The third-order valence-electron chi connectivity index (χ3n) is 2.83. The van der Waals surface area contributed by atoms with Crippen molar-refractivity contribution in [3.63, 3.8) is 0 Å². The lowest BCUT2D eigenvalue weighted by molar-refractivity contribution is 1.15. The molecule has 4 nitrogen and oxygen atoms in total. The molecule has 18 heavy (non-hydrogen) atoms. The second-order valence-corrected chi connectivity index (χ2v) is 4.11. The van der Waals surface area contributed by atoms with Gasteiger partial charge in [-0.3, -0.25) is 0 Å². The fraction of sp³-hybridized carbons (Fsp3) is 0.143. The van der Waals surface area contributed by atoms with Gasteiger partial charge < -0.3 is 22.1 Å². The van der Waals surface area contributed by atoms with Crippen LogP contribution in [0.1, 0.15) is 5.56 Å². The third kappa shape index (κ3) is 2.66. The fourth-order valence-corrected chi connectivity index (χ4v) is 1.82. The minimum atomic E-state index is 0.648. The highest BCUT2D eigenvalue weighted by Gasteiger charge is 2.02. The van der Waals surface area contributed by atoms with Crippen LogP contribution < -0.4 is 22.1 Å². The lowest BCUT2D eigenvalue weighted by Crippen LogP contribution is -2.05. The average Bonchev–Trinajstić information content (AvgIpc) is 2.40. The molecule has 0 aliphatic rings. The highest BCUT2D eigenvalue weighted by molar-refractivity contribution is 5.69. The molecule has 0 aliphatic heterocycles. The van der Waals surface area contributed by atoms with E-state index < -0.39 is 0 Å². The SMILES string of the molecule is CNc1ccccc1NCc1cc(N)ccc1N. The van der Waals surface area contributed by atoms with E-state index >= 15 is 0 Å². The predicted molar refractivity (Wildman–Crippen MR) is 78.6 cm³/mol. The Bertz CT molecular complexity index is 537. The quantitative estimate of drug-likeness (QED) is 0.621. The Morgan fingerprint density at radius 1 is 1.00 bits per heavy atom. The molecule has 2 aromatic carbocycles. The molecule has 0 unspecified atom stereocenters. The van der Waals surface area contributed by atoms with E-state index in [0.717, 1.165) is 28.3 Å². The fourth-order valence-electron chi connectivity index (χ4n) is 1.82. The molecule has 0 aromatic heterocycles. The number of hydrogen-bond donors (Lipinski definition) is 4. The molecule has 94 valence electrons. The van der Waals surface area contributed by atoms with Gasteiger partial charge in [0.15, 0.2) is 0 Å². The largest absolute Gasteiger partial charge is 0.399 e. The standard InChI is InChI=1S/C14H18N4/c1-17-13-4-2-3-5-14(13)18-9-10-8-11(15)6-7-12(10)16/h2-8,17-18H,9,15-16H2,1H3. The summed E-state index contributed by atoms with van der Waals surface area (Å²) in [6.45, 7) is 0.648. The second kappa shape index (κ2) is 5.31. The van der Waals surface area contributed by atoms with Crippen molar-refractivity contribution in [2.24, 2.45) is 0 Å². The average molecular weight is 242 g/mol.